The predicted octanol–water partition coefficient (Wildman–Crippen LogP) is 3.29. The Morgan fingerprint density at radius 2 is 1.62 bits per heavy atom. The highest BCUT2D eigenvalue weighted by molar-refractivity contribution is 6.30. The maximum absolute atomic E-state index is 12.7. The summed E-state index contributed by atoms with van der Waals surface area (Å²) < 4.78 is 0. The molecule has 0 fully saturated rings. The summed E-state index contributed by atoms with van der Waals surface area (Å²) in [4.78, 5) is 36.0. The van der Waals surface area contributed by atoms with E-state index < -0.39 is 12.1 Å². The lowest BCUT2D eigenvalue weighted by molar-refractivity contribution is -0.123. The molecule has 0 heterocycles. The molecular formula is C21H25ClN4O3. The van der Waals surface area contributed by atoms with E-state index in [1.165, 1.54) is 0 Å². The Balaban J connectivity index is 1.98. The molecule has 1 unspecified atom stereocenters. The van der Waals surface area contributed by atoms with Crippen molar-refractivity contribution in [3.8, 4) is 0 Å². The number of benzene rings is 2. The van der Waals surface area contributed by atoms with Crippen LogP contribution in [0.4, 0.5) is 10.5 Å². The Kier molecular flexibility index (Phi) is 8.03. The summed E-state index contributed by atoms with van der Waals surface area (Å²) >= 11 is 5.85. The van der Waals surface area contributed by atoms with Gasteiger partial charge in [-0.05, 0) is 54.3 Å². The number of hydrogen-bond donors (Lipinski definition) is 4. The van der Waals surface area contributed by atoms with Crippen LogP contribution in [-0.4, -0.2) is 23.9 Å². The Labute approximate surface area is 175 Å². The van der Waals surface area contributed by atoms with Gasteiger partial charge in [0, 0.05) is 22.8 Å². The largest absolute Gasteiger partial charge is 0.351 e. The number of amides is 4. The van der Waals surface area contributed by atoms with E-state index in [2.05, 4.69) is 16.0 Å². The number of anilines is 1. The van der Waals surface area contributed by atoms with Gasteiger partial charge in [0.2, 0.25) is 5.91 Å². The van der Waals surface area contributed by atoms with Gasteiger partial charge in [0.25, 0.3) is 5.91 Å². The van der Waals surface area contributed by atoms with Crippen LogP contribution in [0, 0.1) is 5.92 Å². The normalized spacial score (nSPS) is 11.6. The van der Waals surface area contributed by atoms with E-state index >= 15 is 0 Å². The third-order valence-electron chi connectivity index (χ3n) is 4.12. The van der Waals surface area contributed by atoms with Crippen molar-refractivity contribution in [1.29, 1.82) is 0 Å². The number of carbonyl (C=O) groups excluding carboxylic acids is 3. The lowest BCUT2D eigenvalue weighted by Gasteiger charge is -2.20. The molecule has 2 rings (SSSR count). The van der Waals surface area contributed by atoms with Crippen molar-refractivity contribution in [2.24, 2.45) is 11.7 Å². The smallest absolute Gasteiger partial charge is 0.316 e. The number of nitrogens with two attached hydrogens (primary N) is 1. The number of hydrogen-bond acceptors (Lipinski definition) is 3. The van der Waals surface area contributed by atoms with Gasteiger partial charge in [-0.3, -0.25) is 9.59 Å². The lowest BCUT2D eigenvalue weighted by Crippen LogP contribution is -2.47. The number of nitrogens with one attached hydrogen (secondary N) is 3. The SMILES string of the molecule is CC(C)CC(NC(=O)c1ccc(Cl)cc1)C(=O)NCc1ccc(NC(N)=O)cc1. The molecule has 0 radical (unpaired) electrons. The summed E-state index contributed by atoms with van der Waals surface area (Å²) in [6.45, 7) is 4.26. The van der Waals surface area contributed by atoms with Gasteiger partial charge in [0.1, 0.15) is 6.04 Å². The number of carbonyl (C=O) groups is 3. The molecule has 0 saturated heterocycles. The van der Waals surface area contributed by atoms with Crippen LogP contribution >= 0.6 is 11.6 Å². The number of urea groups is 1. The zero-order valence-electron chi connectivity index (χ0n) is 16.4. The standard InChI is InChI=1S/C21H25ClN4O3/c1-13(2)11-18(26-19(27)15-5-7-16(22)8-6-15)20(28)24-12-14-3-9-17(10-4-14)25-21(23)29/h3-10,13,18H,11-12H2,1-2H3,(H,24,28)(H,26,27)(H3,23,25,29). The van der Waals surface area contributed by atoms with E-state index in [9.17, 15) is 14.4 Å². The van der Waals surface area contributed by atoms with Gasteiger partial charge < -0.3 is 21.7 Å². The molecule has 0 aromatic heterocycles. The highest BCUT2D eigenvalue weighted by atomic mass is 35.5. The number of halogens is 1. The second kappa shape index (κ2) is 10.5. The maximum atomic E-state index is 12.7. The van der Waals surface area contributed by atoms with E-state index in [0.717, 1.165) is 5.56 Å². The first-order valence-electron chi connectivity index (χ1n) is 9.24. The molecule has 2 aromatic carbocycles. The van der Waals surface area contributed by atoms with Gasteiger partial charge in [-0.1, -0.05) is 37.6 Å². The van der Waals surface area contributed by atoms with E-state index in [4.69, 9.17) is 17.3 Å². The van der Waals surface area contributed by atoms with Gasteiger partial charge >= 0.3 is 6.03 Å². The Morgan fingerprint density at radius 3 is 2.17 bits per heavy atom. The third-order valence-corrected chi connectivity index (χ3v) is 4.38. The summed E-state index contributed by atoms with van der Waals surface area (Å²) in [6, 6.07) is 12.1. The first kappa shape index (κ1) is 22.2. The Morgan fingerprint density at radius 1 is 1.00 bits per heavy atom. The van der Waals surface area contributed by atoms with Crippen LogP contribution < -0.4 is 21.7 Å². The molecule has 7 nitrogen and oxygen atoms in total. The molecular weight excluding hydrogens is 392 g/mol. The van der Waals surface area contributed by atoms with E-state index in [-0.39, 0.29) is 17.7 Å². The molecule has 29 heavy (non-hydrogen) atoms. The van der Waals surface area contributed by atoms with E-state index in [1.807, 2.05) is 13.8 Å². The van der Waals surface area contributed by atoms with Gasteiger partial charge in [-0.25, -0.2) is 4.79 Å². The van der Waals surface area contributed by atoms with Crippen molar-refractivity contribution >= 4 is 35.1 Å². The van der Waals surface area contributed by atoms with Gasteiger partial charge in [-0.2, -0.15) is 0 Å². The molecule has 5 N–H and O–H groups in total. The number of primary amides is 1. The van der Waals surface area contributed by atoms with Crippen LogP contribution in [0.2, 0.25) is 5.02 Å². The summed E-state index contributed by atoms with van der Waals surface area (Å²) in [5.74, 6) is -0.375. The highest BCUT2D eigenvalue weighted by Gasteiger charge is 2.22. The average molecular weight is 417 g/mol. The fourth-order valence-corrected chi connectivity index (χ4v) is 2.83. The van der Waals surface area contributed by atoms with Crippen molar-refractivity contribution < 1.29 is 14.4 Å². The fraction of sp³-hybridized carbons (Fsp3) is 0.286. The quantitative estimate of drug-likeness (QED) is 0.529. The minimum atomic E-state index is -0.658. The zero-order valence-corrected chi connectivity index (χ0v) is 17.1. The van der Waals surface area contributed by atoms with Crippen molar-refractivity contribution in [2.45, 2.75) is 32.9 Å². The molecule has 2 aromatic rings. The van der Waals surface area contributed by atoms with Crippen LogP contribution in [-0.2, 0) is 11.3 Å². The van der Waals surface area contributed by atoms with Crippen molar-refractivity contribution in [3.63, 3.8) is 0 Å². The molecule has 0 aliphatic rings. The van der Waals surface area contributed by atoms with Gasteiger partial charge in [0.15, 0.2) is 0 Å². The predicted molar refractivity (Wildman–Crippen MR) is 114 cm³/mol. The molecule has 154 valence electrons. The molecule has 8 heteroatoms. The van der Waals surface area contributed by atoms with Gasteiger partial charge in [0.05, 0.1) is 0 Å². The number of rotatable bonds is 8. The Hall–Kier alpha value is -3.06. The van der Waals surface area contributed by atoms with Gasteiger partial charge in [-0.15, -0.1) is 0 Å². The van der Waals surface area contributed by atoms with Crippen molar-refractivity contribution in [2.75, 3.05) is 5.32 Å². The molecule has 0 spiro atoms. The van der Waals surface area contributed by atoms with Crippen LogP contribution in [0.3, 0.4) is 0 Å². The summed E-state index contributed by atoms with van der Waals surface area (Å²) in [7, 11) is 0. The van der Waals surface area contributed by atoms with Crippen LogP contribution in [0.25, 0.3) is 0 Å². The topological polar surface area (TPSA) is 113 Å². The molecule has 4 amide bonds. The molecule has 0 saturated carbocycles. The molecule has 1 atom stereocenters. The summed E-state index contributed by atoms with van der Waals surface area (Å²) in [5, 5.41) is 8.65. The van der Waals surface area contributed by atoms with E-state index in [1.54, 1.807) is 48.5 Å². The molecule has 0 aliphatic carbocycles. The first-order valence-corrected chi connectivity index (χ1v) is 9.62. The Bertz CT molecular complexity index is 851. The van der Waals surface area contributed by atoms with Crippen LogP contribution in [0.15, 0.2) is 48.5 Å². The second-order valence-electron chi connectivity index (χ2n) is 7.07. The zero-order chi connectivity index (χ0) is 21.4. The van der Waals surface area contributed by atoms with Crippen LogP contribution in [0.5, 0.6) is 0 Å². The summed E-state index contributed by atoms with van der Waals surface area (Å²) in [6.07, 6.45) is 0.507. The third kappa shape index (κ3) is 7.46. The maximum Gasteiger partial charge on any atom is 0.316 e. The fourth-order valence-electron chi connectivity index (χ4n) is 2.71. The average Bonchev–Trinajstić information content (AvgIpc) is 2.66. The summed E-state index contributed by atoms with van der Waals surface area (Å²) in [5.41, 5.74) is 6.93. The van der Waals surface area contributed by atoms with Crippen LogP contribution in [0.1, 0.15) is 36.2 Å². The van der Waals surface area contributed by atoms with Crippen molar-refractivity contribution in [1.82, 2.24) is 10.6 Å². The minimum Gasteiger partial charge on any atom is -0.351 e. The molecule has 0 bridgehead atoms. The molecule has 0 aliphatic heterocycles. The first-order chi connectivity index (χ1) is 13.7. The highest BCUT2D eigenvalue weighted by Crippen LogP contribution is 2.12. The lowest BCUT2D eigenvalue weighted by atomic mass is 10.0. The van der Waals surface area contributed by atoms with Crippen molar-refractivity contribution in [3.05, 3.63) is 64.7 Å². The monoisotopic (exact) mass is 416 g/mol. The van der Waals surface area contributed by atoms with E-state index in [0.29, 0.717) is 29.2 Å². The minimum absolute atomic E-state index is 0.218. The second-order valence-corrected chi connectivity index (χ2v) is 7.50.